The largest absolute Gasteiger partial charge is 0.493 e. The molecule has 17 heavy (non-hydrogen) atoms. The molecule has 1 aromatic heterocycles. The van der Waals surface area contributed by atoms with E-state index in [0.717, 1.165) is 17.7 Å². The maximum atomic E-state index is 6.08. The fourth-order valence-corrected chi connectivity index (χ4v) is 1.72. The van der Waals surface area contributed by atoms with E-state index >= 15 is 0 Å². The zero-order valence-electron chi connectivity index (χ0n) is 9.56. The van der Waals surface area contributed by atoms with Crippen LogP contribution < -0.4 is 4.74 Å². The molecule has 0 unspecified atom stereocenters. The van der Waals surface area contributed by atoms with E-state index in [1.54, 1.807) is 6.20 Å². The second kappa shape index (κ2) is 5.64. The normalized spacial score (nSPS) is 10.2. The van der Waals surface area contributed by atoms with Crippen molar-refractivity contribution in [2.45, 2.75) is 13.3 Å². The van der Waals surface area contributed by atoms with Crippen LogP contribution >= 0.6 is 11.6 Å². The van der Waals surface area contributed by atoms with Crippen LogP contribution in [-0.2, 0) is 0 Å². The van der Waals surface area contributed by atoms with Gasteiger partial charge in [0.25, 0.3) is 0 Å². The van der Waals surface area contributed by atoms with Crippen molar-refractivity contribution in [3.8, 4) is 17.0 Å². The van der Waals surface area contributed by atoms with Gasteiger partial charge in [-0.05, 0) is 18.6 Å². The summed E-state index contributed by atoms with van der Waals surface area (Å²) in [6.45, 7) is 2.75. The molecule has 2 aromatic rings. The minimum absolute atomic E-state index is 0.528. The molecule has 0 saturated heterocycles. The highest BCUT2D eigenvalue weighted by Crippen LogP contribution is 2.32. The first kappa shape index (κ1) is 11.9. The zero-order valence-corrected chi connectivity index (χ0v) is 10.3. The lowest BCUT2D eigenvalue weighted by Gasteiger charge is -2.10. The van der Waals surface area contributed by atoms with Crippen molar-refractivity contribution >= 4 is 11.6 Å². The first-order valence-electron chi connectivity index (χ1n) is 5.50. The third-order valence-corrected chi connectivity index (χ3v) is 2.55. The summed E-state index contributed by atoms with van der Waals surface area (Å²) in [5, 5.41) is 0.528. The standard InChI is InChI=1S/C13H13ClN2O/c1-2-7-17-12-6-4-3-5-10(12)13-11(14)8-15-9-16-13/h3-6,8-9H,2,7H2,1H3. The molecule has 0 fully saturated rings. The number of hydrogen-bond donors (Lipinski definition) is 0. The van der Waals surface area contributed by atoms with Gasteiger partial charge in [0.1, 0.15) is 12.1 Å². The number of para-hydroxylation sites is 1. The molecule has 0 N–H and O–H groups in total. The number of hydrogen-bond acceptors (Lipinski definition) is 3. The Morgan fingerprint density at radius 3 is 2.88 bits per heavy atom. The van der Waals surface area contributed by atoms with Crippen LogP contribution in [0.3, 0.4) is 0 Å². The summed E-state index contributed by atoms with van der Waals surface area (Å²) in [5.41, 5.74) is 1.60. The van der Waals surface area contributed by atoms with Gasteiger partial charge >= 0.3 is 0 Å². The van der Waals surface area contributed by atoms with Gasteiger partial charge < -0.3 is 4.74 Å². The van der Waals surface area contributed by atoms with E-state index < -0.39 is 0 Å². The van der Waals surface area contributed by atoms with Crippen LogP contribution in [0.15, 0.2) is 36.8 Å². The predicted molar refractivity (Wildman–Crippen MR) is 68.3 cm³/mol. The summed E-state index contributed by atoms with van der Waals surface area (Å²) < 4.78 is 5.68. The predicted octanol–water partition coefficient (Wildman–Crippen LogP) is 3.59. The van der Waals surface area contributed by atoms with Gasteiger partial charge in [-0.3, -0.25) is 0 Å². The van der Waals surface area contributed by atoms with Crippen molar-refractivity contribution in [3.63, 3.8) is 0 Å². The molecule has 2 rings (SSSR count). The maximum Gasteiger partial charge on any atom is 0.128 e. The lowest BCUT2D eigenvalue weighted by molar-refractivity contribution is 0.318. The summed E-state index contributed by atoms with van der Waals surface area (Å²) in [6, 6.07) is 7.73. The highest BCUT2D eigenvalue weighted by Gasteiger charge is 2.10. The van der Waals surface area contributed by atoms with Crippen LogP contribution in [0.1, 0.15) is 13.3 Å². The Labute approximate surface area is 105 Å². The summed E-state index contributed by atoms with van der Waals surface area (Å²) >= 11 is 6.08. The molecular formula is C13H13ClN2O. The average molecular weight is 249 g/mol. The molecule has 4 heteroatoms. The Morgan fingerprint density at radius 1 is 1.29 bits per heavy atom. The minimum Gasteiger partial charge on any atom is -0.493 e. The molecule has 0 amide bonds. The van der Waals surface area contributed by atoms with Crippen molar-refractivity contribution < 1.29 is 4.74 Å². The fourth-order valence-electron chi connectivity index (χ4n) is 1.51. The summed E-state index contributed by atoms with van der Waals surface area (Å²) in [6.07, 6.45) is 4.03. The molecule has 0 spiro atoms. The minimum atomic E-state index is 0.528. The lowest BCUT2D eigenvalue weighted by atomic mass is 10.1. The first-order valence-corrected chi connectivity index (χ1v) is 5.88. The third-order valence-electron chi connectivity index (χ3n) is 2.27. The molecule has 0 aliphatic heterocycles. The van der Waals surface area contributed by atoms with Gasteiger partial charge in [-0.25, -0.2) is 9.97 Å². The van der Waals surface area contributed by atoms with E-state index in [1.807, 2.05) is 24.3 Å². The molecule has 0 radical (unpaired) electrons. The third kappa shape index (κ3) is 2.74. The smallest absolute Gasteiger partial charge is 0.128 e. The number of ether oxygens (including phenoxy) is 1. The second-order valence-electron chi connectivity index (χ2n) is 3.56. The highest BCUT2D eigenvalue weighted by atomic mass is 35.5. The van der Waals surface area contributed by atoms with Crippen molar-refractivity contribution in [2.75, 3.05) is 6.61 Å². The van der Waals surface area contributed by atoms with E-state index in [1.165, 1.54) is 6.33 Å². The summed E-state index contributed by atoms with van der Waals surface area (Å²) in [4.78, 5) is 8.07. The molecular weight excluding hydrogens is 236 g/mol. The van der Waals surface area contributed by atoms with Crippen LogP contribution in [0, 0.1) is 0 Å². The van der Waals surface area contributed by atoms with Crippen LogP contribution in [0.25, 0.3) is 11.3 Å². The SMILES string of the molecule is CCCOc1ccccc1-c1ncncc1Cl. The van der Waals surface area contributed by atoms with Crippen molar-refractivity contribution in [3.05, 3.63) is 41.8 Å². The zero-order chi connectivity index (χ0) is 12.1. The monoisotopic (exact) mass is 248 g/mol. The van der Waals surface area contributed by atoms with Gasteiger partial charge in [-0.2, -0.15) is 0 Å². The van der Waals surface area contributed by atoms with Gasteiger partial charge in [0, 0.05) is 11.8 Å². The number of nitrogens with zero attached hydrogens (tertiary/aromatic N) is 2. The Kier molecular flexibility index (Phi) is 3.94. The fraction of sp³-hybridized carbons (Fsp3) is 0.231. The lowest BCUT2D eigenvalue weighted by Crippen LogP contribution is -1.97. The second-order valence-corrected chi connectivity index (χ2v) is 3.97. The van der Waals surface area contributed by atoms with Gasteiger partial charge in [-0.1, -0.05) is 30.7 Å². The summed E-state index contributed by atoms with van der Waals surface area (Å²) in [5.74, 6) is 0.801. The molecule has 88 valence electrons. The van der Waals surface area contributed by atoms with Gasteiger partial charge in [-0.15, -0.1) is 0 Å². The van der Waals surface area contributed by atoms with E-state index in [9.17, 15) is 0 Å². The average Bonchev–Trinajstić information content (AvgIpc) is 2.37. The van der Waals surface area contributed by atoms with Gasteiger partial charge in [0.05, 0.1) is 17.3 Å². The topological polar surface area (TPSA) is 35.0 Å². The number of rotatable bonds is 4. The molecule has 0 aliphatic carbocycles. The molecule has 0 bridgehead atoms. The molecule has 0 saturated carbocycles. The van der Waals surface area contributed by atoms with E-state index in [2.05, 4.69) is 16.9 Å². The highest BCUT2D eigenvalue weighted by molar-refractivity contribution is 6.32. The summed E-state index contributed by atoms with van der Waals surface area (Å²) in [7, 11) is 0. The number of benzene rings is 1. The van der Waals surface area contributed by atoms with Crippen LogP contribution in [0.4, 0.5) is 0 Å². The Morgan fingerprint density at radius 2 is 2.12 bits per heavy atom. The van der Waals surface area contributed by atoms with E-state index in [4.69, 9.17) is 16.3 Å². The molecule has 3 nitrogen and oxygen atoms in total. The van der Waals surface area contributed by atoms with Crippen LogP contribution in [-0.4, -0.2) is 16.6 Å². The van der Waals surface area contributed by atoms with Gasteiger partial charge in [0.2, 0.25) is 0 Å². The number of aromatic nitrogens is 2. The maximum absolute atomic E-state index is 6.08. The molecule has 0 aliphatic rings. The van der Waals surface area contributed by atoms with Crippen LogP contribution in [0.5, 0.6) is 5.75 Å². The molecule has 0 atom stereocenters. The Hall–Kier alpha value is -1.61. The Balaban J connectivity index is 2.41. The Bertz CT molecular complexity index is 502. The number of halogens is 1. The first-order chi connectivity index (χ1) is 8.33. The quantitative estimate of drug-likeness (QED) is 0.830. The van der Waals surface area contributed by atoms with Gasteiger partial charge in [0.15, 0.2) is 0 Å². The van der Waals surface area contributed by atoms with E-state index in [-0.39, 0.29) is 0 Å². The van der Waals surface area contributed by atoms with Crippen molar-refractivity contribution in [1.82, 2.24) is 9.97 Å². The molecule has 1 heterocycles. The van der Waals surface area contributed by atoms with Crippen molar-refractivity contribution in [2.24, 2.45) is 0 Å². The van der Waals surface area contributed by atoms with Crippen LogP contribution in [0.2, 0.25) is 5.02 Å². The molecule has 1 aromatic carbocycles. The van der Waals surface area contributed by atoms with Crippen molar-refractivity contribution in [1.29, 1.82) is 0 Å². The van der Waals surface area contributed by atoms with E-state index in [0.29, 0.717) is 17.3 Å².